The lowest BCUT2D eigenvalue weighted by Crippen LogP contribution is -2.51. The van der Waals surface area contributed by atoms with Crippen LogP contribution in [0.4, 0.5) is 9.18 Å². The summed E-state index contributed by atoms with van der Waals surface area (Å²) >= 11 is 0. The van der Waals surface area contributed by atoms with Crippen molar-refractivity contribution in [1.29, 1.82) is 0 Å². The maximum absolute atomic E-state index is 12.8. The number of hydrogen-bond donors (Lipinski definition) is 2. The summed E-state index contributed by atoms with van der Waals surface area (Å²) in [5, 5.41) is 5.16. The van der Waals surface area contributed by atoms with Gasteiger partial charge in [0.15, 0.2) is 0 Å². The Bertz CT molecular complexity index is 604. The summed E-state index contributed by atoms with van der Waals surface area (Å²) in [4.78, 5) is 27.6. The van der Waals surface area contributed by atoms with Crippen LogP contribution in [0.5, 0.6) is 0 Å². The Morgan fingerprint density at radius 3 is 2.42 bits per heavy atom. The van der Waals surface area contributed by atoms with Gasteiger partial charge in [-0.15, -0.1) is 6.42 Å². The molecule has 1 aromatic carbocycles. The van der Waals surface area contributed by atoms with E-state index in [1.54, 1.807) is 17.0 Å². The third-order valence-electron chi connectivity index (χ3n) is 3.81. The molecule has 0 spiro atoms. The summed E-state index contributed by atoms with van der Waals surface area (Å²) in [6.45, 7) is 3.51. The van der Waals surface area contributed by atoms with E-state index in [1.807, 2.05) is 0 Å². The number of carbonyl (C=O) groups is 2. The zero-order valence-corrected chi connectivity index (χ0v) is 13.4. The molecule has 0 saturated carbocycles. The number of nitrogens with zero attached hydrogens (tertiary/aromatic N) is 2. The Morgan fingerprint density at radius 2 is 1.79 bits per heavy atom. The first-order valence-corrected chi connectivity index (χ1v) is 7.78. The van der Waals surface area contributed by atoms with Crippen molar-refractivity contribution < 1.29 is 14.0 Å². The maximum Gasteiger partial charge on any atom is 0.315 e. The molecule has 2 N–H and O–H groups in total. The molecule has 0 aliphatic carbocycles. The first-order chi connectivity index (χ1) is 11.6. The topological polar surface area (TPSA) is 64.7 Å². The van der Waals surface area contributed by atoms with Crippen molar-refractivity contribution in [2.24, 2.45) is 0 Å². The molecule has 3 amide bonds. The van der Waals surface area contributed by atoms with Crippen molar-refractivity contribution in [2.45, 2.75) is 6.54 Å². The van der Waals surface area contributed by atoms with Crippen molar-refractivity contribution in [3.63, 3.8) is 0 Å². The van der Waals surface area contributed by atoms with Gasteiger partial charge in [0, 0.05) is 32.7 Å². The highest BCUT2D eigenvalue weighted by Crippen LogP contribution is 2.02. The van der Waals surface area contributed by atoms with Crippen LogP contribution in [0.3, 0.4) is 0 Å². The van der Waals surface area contributed by atoms with Crippen LogP contribution >= 0.6 is 0 Å². The van der Waals surface area contributed by atoms with E-state index in [1.165, 1.54) is 12.1 Å². The maximum atomic E-state index is 12.8. The number of urea groups is 1. The number of rotatable bonds is 5. The second-order valence-corrected chi connectivity index (χ2v) is 5.52. The highest BCUT2D eigenvalue weighted by atomic mass is 19.1. The van der Waals surface area contributed by atoms with Crippen molar-refractivity contribution in [2.75, 3.05) is 39.3 Å². The summed E-state index contributed by atoms with van der Waals surface area (Å²) in [7, 11) is 0. The molecule has 1 fully saturated rings. The summed E-state index contributed by atoms with van der Waals surface area (Å²) in [6, 6.07) is 5.42. The SMILES string of the molecule is C#CCN1CCN(C(=O)CNC(=O)NCc2ccc(F)cc2)CC1. The Labute approximate surface area is 141 Å². The fraction of sp³-hybridized carbons (Fsp3) is 0.412. The van der Waals surface area contributed by atoms with Crippen LogP contribution in [0.1, 0.15) is 5.56 Å². The van der Waals surface area contributed by atoms with Crippen LogP contribution in [0.2, 0.25) is 0 Å². The second kappa shape index (κ2) is 8.89. The zero-order valence-electron chi connectivity index (χ0n) is 13.4. The molecule has 1 aliphatic rings. The van der Waals surface area contributed by atoms with Gasteiger partial charge in [-0.05, 0) is 17.7 Å². The normalized spacial score (nSPS) is 14.8. The highest BCUT2D eigenvalue weighted by Gasteiger charge is 2.20. The third-order valence-corrected chi connectivity index (χ3v) is 3.81. The van der Waals surface area contributed by atoms with Gasteiger partial charge in [-0.25, -0.2) is 9.18 Å². The minimum absolute atomic E-state index is 0.0512. The quantitative estimate of drug-likeness (QED) is 0.768. The Balaban J connectivity index is 1.65. The second-order valence-electron chi connectivity index (χ2n) is 5.52. The number of nitrogens with one attached hydrogen (secondary N) is 2. The monoisotopic (exact) mass is 332 g/mol. The van der Waals surface area contributed by atoms with E-state index < -0.39 is 6.03 Å². The molecule has 0 bridgehead atoms. The predicted octanol–water partition coefficient (Wildman–Crippen LogP) is 0.402. The van der Waals surface area contributed by atoms with Gasteiger partial charge in [-0.2, -0.15) is 0 Å². The standard InChI is InChI=1S/C17H21FN4O2/c1-2-7-21-8-10-22(11-9-21)16(23)13-20-17(24)19-12-14-3-5-15(18)6-4-14/h1,3-6H,7-13H2,(H2,19,20,24). The Morgan fingerprint density at radius 1 is 1.12 bits per heavy atom. The van der Waals surface area contributed by atoms with Gasteiger partial charge in [0.05, 0.1) is 13.1 Å². The Hall–Kier alpha value is -2.59. The van der Waals surface area contributed by atoms with Crippen LogP contribution in [0.15, 0.2) is 24.3 Å². The lowest BCUT2D eigenvalue weighted by molar-refractivity contribution is -0.131. The fourth-order valence-corrected chi connectivity index (χ4v) is 2.40. The molecular weight excluding hydrogens is 311 g/mol. The van der Waals surface area contributed by atoms with E-state index in [0.717, 1.165) is 18.7 Å². The van der Waals surface area contributed by atoms with Gasteiger partial charge >= 0.3 is 6.03 Å². The number of piperazine rings is 1. The first-order valence-electron chi connectivity index (χ1n) is 7.78. The lowest BCUT2D eigenvalue weighted by atomic mass is 10.2. The van der Waals surface area contributed by atoms with Gasteiger partial charge in [-0.3, -0.25) is 9.69 Å². The van der Waals surface area contributed by atoms with E-state index in [9.17, 15) is 14.0 Å². The molecule has 1 aliphatic heterocycles. The van der Waals surface area contributed by atoms with E-state index in [4.69, 9.17) is 6.42 Å². The van der Waals surface area contributed by atoms with Gasteiger partial charge in [0.25, 0.3) is 0 Å². The zero-order chi connectivity index (χ0) is 17.4. The van der Waals surface area contributed by atoms with Crippen LogP contribution in [-0.4, -0.2) is 61.0 Å². The lowest BCUT2D eigenvalue weighted by Gasteiger charge is -2.33. The van der Waals surface area contributed by atoms with Crippen LogP contribution < -0.4 is 10.6 Å². The van der Waals surface area contributed by atoms with Crippen LogP contribution in [0.25, 0.3) is 0 Å². The smallest absolute Gasteiger partial charge is 0.315 e. The molecule has 1 heterocycles. The first kappa shape index (κ1) is 17.8. The molecule has 7 heteroatoms. The number of benzene rings is 1. The third kappa shape index (κ3) is 5.56. The van der Waals surface area contributed by atoms with E-state index in [0.29, 0.717) is 19.6 Å². The summed E-state index contributed by atoms with van der Waals surface area (Å²) in [5.74, 6) is 2.15. The summed E-state index contributed by atoms with van der Waals surface area (Å²) < 4.78 is 12.8. The molecule has 128 valence electrons. The fourth-order valence-electron chi connectivity index (χ4n) is 2.40. The minimum Gasteiger partial charge on any atom is -0.339 e. The molecule has 1 saturated heterocycles. The molecule has 0 aromatic heterocycles. The van der Waals surface area contributed by atoms with Crippen molar-refractivity contribution in [3.8, 4) is 12.3 Å². The van der Waals surface area contributed by atoms with E-state index in [-0.39, 0.29) is 24.8 Å². The number of hydrogen-bond acceptors (Lipinski definition) is 3. The van der Waals surface area contributed by atoms with E-state index >= 15 is 0 Å². The van der Waals surface area contributed by atoms with Crippen molar-refractivity contribution in [3.05, 3.63) is 35.6 Å². The number of halogens is 1. The molecule has 0 unspecified atom stereocenters. The van der Waals surface area contributed by atoms with Gasteiger partial charge in [0.2, 0.25) is 5.91 Å². The Kier molecular flexibility index (Phi) is 6.58. The molecular formula is C17H21FN4O2. The molecule has 1 aromatic rings. The average Bonchev–Trinajstić information content (AvgIpc) is 2.60. The number of carbonyl (C=O) groups excluding carboxylic acids is 2. The molecule has 6 nitrogen and oxygen atoms in total. The van der Waals surface area contributed by atoms with Gasteiger partial charge in [-0.1, -0.05) is 18.1 Å². The summed E-state index contributed by atoms with van der Waals surface area (Å²) in [6.07, 6.45) is 5.27. The molecule has 2 rings (SSSR count). The van der Waals surface area contributed by atoms with Crippen molar-refractivity contribution >= 4 is 11.9 Å². The van der Waals surface area contributed by atoms with Crippen LogP contribution in [-0.2, 0) is 11.3 Å². The molecule has 0 atom stereocenters. The average molecular weight is 332 g/mol. The van der Waals surface area contributed by atoms with Crippen molar-refractivity contribution in [1.82, 2.24) is 20.4 Å². The number of terminal acetylenes is 1. The van der Waals surface area contributed by atoms with E-state index in [2.05, 4.69) is 21.5 Å². The summed E-state index contributed by atoms with van der Waals surface area (Å²) in [5.41, 5.74) is 0.780. The highest BCUT2D eigenvalue weighted by molar-refractivity contribution is 5.84. The molecule has 24 heavy (non-hydrogen) atoms. The predicted molar refractivity (Wildman–Crippen MR) is 88.5 cm³/mol. The molecule has 0 radical (unpaired) electrons. The van der Waals surface area contributed by atoms with Crippen LogP contribution in [0, 0.1) is 18.2 Å². The largest absolute Gasteiger partial charge is 0.339 e. The minimum atomic E-state index is -0.432. The number of amides is 3. The van der Waals surface area contributed by atoms with Gasteiger partial charge < -0.3 is 15.5 Å². The van der Waals surface area contributed by atoms with Gasteiger partial charge in [0.1, 0.15) is 5.82 Å².